The van der Waals surface area contributed by atoms with Gasteiger partial charge in [-0.25, -0.2) is 0 Å². The molecule has 128 valence electrons. The second-order valence-electron chi connectivity index (χ2n) is 6.55. The Labute approximate surface area is 143 Å². The summed E-state index contributed by atoms with van der Waals surface area (Å²) in [6.07, 6.45) is 2.41. The van der Waals surface area contributed by atoms with Crippen LogP contribution in [0.2, 0.25) is 0 Å². The molecule has 3 rings (SSSR count). The Morgan fingerprint density at radius 2 is 1.88 bits per heavy atom. The summed E-state index contributed by atoms with van der Waals surface area (Å²) in [5.74, 6) is 0.103. The van der Waals surface area contributed by atoms with Crippen LogP contribution < -0.4 is 5.32 Å². The first-order chi connectivity index (χ1) is 11.6. The van der Waals surface area contributed by atoms with Gasteiger partial charge in [0.15, 0.2) is 0 Å². The molecule has 5 heteroatoms. The molecule has 1 aliphatic rings. The average Bonchev–Trinajstić information content (AvgIpc) is 3.16. The van der Waals surface area contributed by atoms with E-state index in [0.717, 1.165) is 36.6 Å². The fourth-order valence-electron chi connectivity index (χ4n) is 3.29. The molecular formula is C19H26N4O. The van der Waals surface area contributed by atoms with Crippen LogP contribution in [-0.2, 0) is 17.9 Å². The molecule has 1 amide bonds. The Morgan fingerprint density at radius 3 is 2.58 bits per heavy atom. The third-order valence-corrected chi connectivity index (χ3v) is 4.73. The lowest BCUT2D eigenvalue weighted by molar-refractivity contribution is -0.122. The Morgan fingerprint density at radius 1 is 1.17 bits per heavy atom. The average molecular weight is 326 g/mol. The maximum Gasteiger partial charge on any atom is 0.234 e. The van der Waals surface area contributed by atoms with Crippen molar-refractivity contribution in [2.45, 2.75) is 39.8 Å². The van der Waals surface area contributed by atoms with Crippen LogP contribution in [0.25, 0.3) is 0 Å². The van der Waals surface area contributed by atoms with Crippen LogP contribution in [0.5, 0.6) is 0 Å². The minimum absolute atomic E-state index is 0.103. The lowest BCUT2D eigenvalue weighted by Gasteiger charge is -2.14. The van der Waals surface area contributed by atoms with Gasteiger partial charge in [-0.2, -0.15) is 5.10 Å². The van der Waals surface area contributed by atoms with Crippen LogP contribution in [0.4, 0.5) is 0 Å². The molecular weight excluding hydrogens is 300 g/mol. The summed E-state index contributed by atoms with van der Waals surface area (Å²) >= 11 is 0. The van der Waals surface area contributed by atoms with Crippen molar-refractivity contribution in [3.63, 3.8) is 0 Å². The van der Waals surface area contributed by atoms with E-state index in [2.05, 4.69) is 34.4 Å². The van der Waals surface area contributed by atoms with Crippen LogP contribution in [0.1, 0.15) is 35.4 Å². The molecule has 2 aromatic rings. The highest BCUT2D eigenvalue weighted by atomic mass is 16.2. The number of carbonyl (C=O) groups excluding carboxylic acids is 1. The summed E-state index contributed by atoms with van der Waals surface area (Å²) in [5, 5.41) is 7.69. The first-order valence-electron chi connectivity index (χ1n) is 8.69. The second-order valence-corrected chi connectivity index (χ2v) is 6.55. The standard InChI is InChI=1S/C19H26N4O/c1-15-18(12-20-19(24)14-22-10-6-7-11-22)16(2)23(21-15)13-17-8-4-3-5-9-17/h3-5,8-9H,6-7,10-14H2,1-2H3,(H,20,24). The molecule has 1 fully saturated rings. The van der Waals surface area contributed by atoms with E-state index in [-0.39, 0.29) is 5.91 Å². The molecule has 5 nitrogen and oxygen atoms in total. The Bertz CT molecular complexity index is 687. The number of rotatable bonds is 6. The first-order valence-corrected chi connectivity index (χ1v) is 8.69. The maximum atomic E-state index is 12.1. The maximum absolute atomic E-state index is 12.1. The molecule has 1 aromatic heterocycles. The van der Waals surface area contributed by atoms with E-state index < -0.39 is 0 Å². The van der Waals surface area contributed by atoms with Gasteiger partial charge in [-0.05, 0) is 45.3 Å². The van der Waals surface area contributed by atoms with E-state index in [4.69, 9.17) is 0 Å². The van der Waals surface area contributed by atoms with Crippen molar-refractivity contribution in [3.8, 4) is 0 Å². The molecule has 1 N–H and O–H groups in total. The zero-order chi connectivity index (χ0) is 16.9. The molecule has 0 aliphatic carbocycles. The predicted octanol–water partition coefficient (Wildman–Crippen LogP) is 2.26. The van der Waals surface area contributed by atoms with Gasteiger partial charge in [0.1, 0.15) is 0 Å². The van der Waals surface area contributed by atoms with Gasteiger partial charge in [0.05, 0.1) is 18.8 Å². The quantitative estimate of drug-likeness (QED) is 0.886. The normalized spacial score (nSPS) is 14.9. The molecule has 1 saturated heterocycles. The zero-order valence-electron chi connectivity index (χ0n) is 14.6. The van der Waals surface area contributed by atoms with Crippen molar-refractivity contribution in [1.29, 1.82) is 0 Å². The van der Waals surface area contributed by atoms with Gasteiger partial charge in [-0.1, -0.05) is 30.3 Å². The van der Waals surface area contributed by atoms with Crippen LogP contribution >= 0.6 is 0 Å². The molecule has 0 radical (unpaired) electrons. The van der Waals surface area contributed by atoms with Crippen LogP contribution in [-0.4, -0.2) is 40.2 Å². The molecule has 0 spiro atoms. The SMILES string of the molecule is Cc1nn(Cc2ccccc2)c(C)c1CNC(=O)CN1CCCC1. The number of benzene rings is 1. The summed E-state index contributed by atoms with van der Waals surface area (Å²) in [7, 11) is 0. The number of carbonyl (C=O) groups is 1. The van der Waals surface area contributed by atoms with Crippen molar-refractivity contribution in [2.24, 2.45) is 0 Å². The van der Waals surface area contributed by atoms with Crippen molar-refractivity contribution in [2.75, 3.05) is 19.6 Å². The van der Waals surface area contributed by atoms with Gasteiger partial charge in [0.2, 0.25) is 5.91 Å². The summed E-state index contributed by atoms with van der Waals surface area (Å²) in [5.41, 5.74) is 4.47. The Kier molecular flexibility index (Phi) is 5.30. The van der Waals surface area contributed by atoms with Crippen molar-refractivity contribution >= 4 is 5.91 Å². The Balaban J connectivity index is 1.60. The van der Waals surface area contributed by atoms with E-state index >= 15 is 0 Å². The number of amides is 1. The smallest absolute Gasteiger partial charge is 0.234 e. The van der Waals surface area contributed by atoms with Crippen LogP contribution in [0, 0.1) is 13.8 Å². The largest absolute Gasteiger partial charge is 0.351 e. The van der Waals surface area contributed by atoms with E-state index in [1.165, 1.54) is 18.4 Å². The first kappa shape index (κ1) is 16.7. The van der Waals surface area contributed by atoms with Gasteiger partial charge < -0.3 is 5.32 Å². The zero-order valence-corrected chi connectivity index (χ0v) is 14.6. The number of likely N-dealkylation sites (tertiary alicyclic amines) is 1. The Hall–Kier alpha value is -2.14. The topological polar surface area (TPSA) is 50.2 Å². The van der Waals surface area contributed by atoms with Crippen LogP contribution in [0.3, 0.4) is 0 Å². The molecule has 2 heterocycles. The molecule has 0 bridgehead atoms. The highest BCUT2D eigenvalue weighted by molar-refractivity contribution is 5.78. The van der Waals surface area contributed by atoms with E-state index in [9.17, 15) is 4.79 Å². The van der Waals surface area contributed by atoms with Gasteiger partial charge in [-0.3, -0.25) is 14.4 Å². The second kappa shape index (κ2) is 7.62. The van der Waals surface area contributed by atoms with Gasteiger partial charge >= 0.3 is 0 Å². The van der Waals surface area contributed by atoms with E-state index in [1.807, 2.05) is 29.8 Å². The predicted molar refractivity (Wildman–Crippen MR) is 94.8 cm³/mol. The molecule has 0 saturated carbocycles. The minimum Gasteiger partial charge on any atom is -0.351 e. The highest BCUT2D eigenvalue weighted by Crippen LogP contribution is 2.15. The monoisotopic (exact) mass is 326 g/mol. The van der Waals surface area contributed by atoms with Crippen molar-refractivity contribution in [1.82, 2.24) is 20.0 Å². The lowest BCUT2D eigenvalue weighted by atomic mass is 10.2. The van der Waals surface area contributed by atoms with Crippen LogP contribution in [0.15, 0.2) is 30.3 Å². The molecule has 1 aromatic carbocycles. The summed E-state index contributed by atoms with van der Waals surface area (Å²) < 4.78 is 2.02. The number of aryl methyl sites for hydroxylation is 1. The number of nitrogens with zero attached hydrogens (tertiary/aromatic N) is 3. The number of hydrogen-bond donors (Lipinski definition) is 1. The number of nitrogens with one attached hydrogen (secondary N) is 1. The number of aromatic nitrogens is 2. The summed E-state index contributed by atoms with van der Waals surface area (Å²) in [6.45, 7) is 7.99. The minimum atomic E-state index is 0.103. The molecule has 0 unspecified atom stereocenters. The fourth-order valence-corrected chi connectivity index (χ4v) is 3.29. The van der Waals surface area contributed by atoms with Gasteiger partial charge in [0.25, 0.3) is 0 Å². The lowest BCUT2D eigenvalue weighted by Crippen LogP contribution is -2.35. The van der Waals surface area contributed by atoms with Gasteiger partial charge in [0, 0.05) is 17.8 Å². The van der Waals surface area contributed by atoms with Gasteiger partial charge in [-0.15, -0.1) is 0 Å². The number of hydrogen-bond acceptors (Lipinski definition) is 3. The summed E-state index contributed by atoms with van der Waals surface area (Å²) in [6, 6.07) is 10.3. The molecule has 1 aliphatic heterocycles. The van der Waals surface area contributed by atoms with Crippen molar-refractivity contribution in [3.05, 3.63) is 52.8 Å². The fraction of sp³-hybridized carbons (Fsp3) is 0.474. The van der Waals surface area contributed by atoms with Crippen molar-refractivity contribution < 1.29 is 4.79 Å². The molecule has 24 heavy (non-hydrogen) atoms. The molecule has 0 atom stereocenters. The van der Waals surface area contributed by atoms with E-state index in [0.29, 0.717) is 13.1 Å². The third-order valence-electron chi connectivity index (χ3n) is 4.73. The summed E-state index contributed by atoms with van der Waals surface area (Å²) in [4.78, 5) is 14.3. The van der Waals surface area contributed by atoms with E-state index in [1.54, 1.807) is 0 Å². The third kappa shape index (κ3) is 4.03. The highest BCUT2D eigenvalue weighted by Gasteiger charge is 2.16.